The summed E-state index contributed by atoms with van der Waals surface area (Å²) in [4.78, 5) is 14.2. The number of hydrogen-bond donors (Lipinski definition) is 0. The van der Waals surface area contributed by atoms with Crippen LogP contribution in [0.25, 0.3) is 0 Å². The van der Waals surface area contributed by atoms with Crippen LogP contribution in [-0.4, -0.2) is 37.1 Å². The summed E-state index contributed by atoms with van der Waals surface area (Å²) >= 11 is 0. The van der Waals surface area contributed by atoms with Crippen LogP contribution >= 0.6 is 0 Å². The van der Waals surface area contributed by atoms with Gasteiger partial charge in [0.05, 0.1) is 13.2 Å². The fourth-order valence-electron chi connectivity index (χ4n) is 2.31. The molecule has 3 nitrogen and oxygen atoms in total. The molecule has 1 fully saturated rings. The van der Waals surface area contributed by atoms with E-state index in [0.29, 0.717) is 31.9 Å². The van der Waals surface area contributed by atoms with E-state index in [1.165, 1.54) is 0 Å². The van der Waals surface area contributed by atoms with E-state index in [9.17, 15) is 4.79 Å². The molecule has 1 heterocycles. The molecule has 0 radical (unpaired) electrons. The predicted molar refractivity (Wildman–Crippen MR) is 96.9 cm³/mol. The number of carbonyl (C=O) groups excluding carboxylic acids is 1. The van der Waals surface area contributed by atoms with E-state index in [1.807, 2.05) is 73.3 Å². The second-order valence-electron chi connectivity index (χ2n) is 5.10. The summed E-state index contributed by atoms with van der Waals surface area (Å²) in [6.07, 6.45) is 0. The van der Waals surface area contributed by atoms with Crippen LogP contribution in [0.1, 0.15) is 35.3 Å². The molecule has 0 aromatic heterocycles. The first-order chi connectivity index (χ1) is 11.8. The highest BCUT2D eigenvalue weighted by Gasteiger charge is 2.17. The zero-order chi connectivity index (χ0) is 17.2. The number of benzene rings is 2. The average Bonchev–Trinajstić information content (AvgIpc) is 2.69. The van der Waals surface area contributed by atoms with Gasteiger partial charge in [-0.15, -0.1) is 0 Å². The smallest absolute Gasteiger partial charge is 0.254 e. The first-order valence-corrected chi connectivity index (χ1v) is 8.37. The minimum absolute atomic E-state index is 0.0610. The van der Waals surface area contributed by atoms with Gasteiger partial charge in [-0.3, -0.25) is 4.79 Å². The van der Waals surface area contributed by atoms with E-state index in [1.54, 1.807) is 0 Å². The molecule has 1 saturated heterocycles. The third-order valence-corrected chi connectivity index (χ3v) is 3.56. The summed E-state index contributed by atoms with van der Waals surface area (Å²) in [6, 6.07) is 17.3. The minimum Gasteiger partial charge on any atom is -0.378 e. The zero-order valence-corrected chi connectivity index (χ0v) is 14.3. The van der Waals surface area contributed by atoms with Crippen LogP contribution in [-0.2, 0) is 4.74 Å². The summed E-state index contributed by atoms with van der Waals surface area (Å²) in [5.74, 6) is 6.28. The second-order valence-corrected chi connectivity index (χ2v) is 5.10. The number of rotatable bonds is 1. The lowest BCUT2D eigenvalue weighted by atomic mass is 10.1. The number of carbonyl (C=O) groups is 1. The van der Waals surface area contributed by atoms with Gasteiger partial charge in [0, 0.05) is 29.8 Å². The predicted octanol–water partition coefficient (Wildman–Crippen LogP) is 3.59. The summed E-state index contributed by atoms with van der Waals surface area (Å²) in [5.41, 5.74) is 2.59. The van der Waals surface area contributed by atoms with E-state index < -0.39 is 0 Å². The van der Waals surface area contributed by atoms with Crippen molar-refractivity contribution in [3.05, 3.63) is 71.3 Å². The Morgan fingerprint density at radius 2 is 1.42 bits per heavy atom. The van der Waals surface area contributed by atoms with Crippen LogP contribution in [0.5, 0.6) is 0 Å². The molecular formula is C21H23NO2. The average molecular weight is 321 g/mol. The summed E-state index contributed by atoms with van der Waals surface area (Å²) in [5, 5.41) is 0. The van der Waals surface area contributed by atoms with Crippen LogP contribution < -0.4 is 0 Å². The van der Waals surface area contributed by atoms with Crippen molar-refractivity contribution in [2.45, 2.75) is 13.8 Å². The Bertz CT molecular complexity index is 690. The van der Waals surface area contributed by atoms with Gasteiger partial charge >= 0.3 is 0 Å². The Hall–Kier alpha value is -2.57. The summed E-state index contributed by atoms with van der Waals surface area (Å²) in [7, 11) is 0. The van der Waals surface area contributed by atoms with Crippen molar-refractivity contribution in [3.63, 3.8) is 0 Å². The second kappa shape index (κ2) is 9.54. The van der Waals surface area contributed by atoms with E-state index in [0.717, 1.165) is 11.1 Å². The van der Waals surface area contributed by atoms with Gasteiger partial charge in [0.15, 0.2) is 0 Å². The van der Waals surface area contributed by atoms with E-state index in [4.69, 9.17) is 4.74 Å². The molecule has 3 heteroatoms. The first kappa shape index (κ1) is 17.8. The Balaban J connectivity index is 0.00000100. The van der Waals surface area contributed by atoms with Crippen molar-refractivity contribution in [1.29, 1.82) is 0 Å². The van der Waals surface area contributed by atoms with Crippen molar-refractivity contribution in [2.24, 2.45) is 0 Å². The number of amides is 1. The van der Waals surface area contributed by atoms with Crippen molar-refractivity contribution < 1.29 is 9.53 Å². The molecule has 124 valence electrons. The van der Waals surface area contributed by atoms with Gasteiger partial charge in [0.1, 0.15) is 0 Å². The van der Waals surface area contributed by atoms with Gasteiger partial charge in [0.25, 0.3) is 5.91 Å². The maximum absolute atomic E-state index is 12.3. The number of nitrogens with zero attached hydrogens (tertiary/aromatic N) is 1. The molecule has 1 aliphatic heterocycles. The molecule has 0 N–H and O–H groups in total. The maximum Gasteiger partial charge on any atom is 0.254 e. The van der Waals surface area contributed by atoms with Crippen LogP contribution in [0.3, 0.4) is 0 Å². The van der Waals surface area contributed by atoms with Crippen LogP contribution in [0.2, 0.25) is 0 Å². The summed E-state index contributed by atoms with van der Waals surface area (Å²) in [6.45, 7) is 6.56. The van der Waals surface area contributed by atoms with Gasteiger partial charge < -0.3 is 9.64 Å². The zero-order valence-electron chi connectivity index (χ0n) is 14.3. The molecule has 1 amide bonds. The third kappa shape index (κ3) is 4.97. The fourth-order valence-corrected chi connectivity index (χ4v) is 2.31. The lowest BCUT2D eigenvalue weighted by molar-refractivity contribution is 0.0303. The Morgan fingerprint density at radius 3 is 2.00 bits per heavy atom. The van der Waals surface area contributed by atoms with Gasteiger partial charge in [0.2, 0.25) is 0 Å². The highest BCUT2D eigenvalue weighted by molar-refractivity contribution is 5.94. The monoisotopic (exact) mass is 321 g/mol. The maximum atomic E-state index is 12.3. The van der Waals surface area contributed by atoms with Crippen LogP contribution in [0.15, 0.2) is 54.6 Å². The molecule has 2 aromatic rings. The molecule has 0 saturated carbocycles. The molecule has 24 heavy (non-hydrogen) atoms. The molecule has 0 aliphatic carbocycles. The molecule has 0 atom stereocenters. The third-order valence-electron chi connectivity index (χ3n) is 3.56. The number of morpholine rings is 1. The van der Waals surface area contributed by atoms with Gasteiger partial charge in [-0.25, -0.2) is 0 Å². The summed E-state index contributed by atoms with van der Waals surface area (Å²) < 4.78 is 5.27. The topological polar surface area (TPSA) is 29.5 Å². The molecule has 3 rings (SSSR count). The van der Waals surface area contributed by atoms with Gasteiger partial charge in [-0.1, -0.05) is 43.9 Å². The molecule has 1 aliphatic rings. The highest BCUT2D eigenvalue weighted by atomic mass is 16.5. The normalized spacial score (nSPS) is 13.2. The molecule has 0 unspecified atom stereocenters. The lowest BCUT2D eigenvalue weighted by Gasteiger charge is -2.26. The number of ether oxygens (including phenoxy) is 1. The fraction of sp³-hybridized carbons (Fsp3) is 0.286. The van der Waals surface area contributed by atoms with Gasteiger partial charge in [-0.05, 0) is 36.4 Å². The Labute approximate surface area is 144 Å². The van der Waals surface area contributed by atoms with E-state index in [2.05, 4.69) is 11.8 Å². The molecule has 0 spiro atoms. The van der Waals surface area contributed by atoms with Gasteiger partial charge in [-0.2, -0.15) is 0 Å². The lowest BCUT2D eigenvalue weighted by Crippen LogP contribution is -2.40. The minimum atomic E-state index is 0.0610. The SMILES string of the molecule is CC.O=C(c1ccc(C#Cc2ccccc2)cc1)N1CCOCC1. The Kier molecular flexibility index (Phi) is 7.07. The quantitative estimate of drug-likeness (QED) is 0.751. The molecular weight excluding hydrogens is 298 g/mol. The van der Waals surface area contributed by atoms with Crippen molar-refractivity contribution >= 4 is 5.91 Å². The van der Waals surface area contributed by atoms with Crippen LogP contribution in [0.4, 0.5) is 0 Å². The van der Waals surface area contributed by atoms with Crippen molar-refractivity contribution in [2.75, 3.05) is 26.3 Å². The first-order valence-electron chi connectivity index (χ1n) is 8.37. The molecule has 2 aromatic carbocycles. The standard InChI is InChI=1S/C19H17NO2.C2H6/c21-19(20-12-14-22-15-13-20)18-10-8-17(9-11-18)7-6-16-4-2-1-3-5-16;1-2/h1-5,8-11H,12-15H2;1-2H3. The molecule has 0 bridgehead atoms. The largest absolute Gasteiger partial charge is 0.378 e. The van der Waals surface area contributed by atoms with Crippen molar-refractivity contribution in [1.82, 2.24) is 4.90 Å². The number of hydrogen-bond acceptors (Lipinski definition) is 2. The van der Waals surface area contributed by atoms with E-state index in [-0.39, 0.29) is 5.91 Å². The van der Waals surface area contributed by atoms with Crippen LogP contribution in [0, 0.1) is 11.8 Å². The van der Waals surface area contributed by atoms with Crippen molar-refractivity contribution in [3.8, 4) is 11.8 Å². The van der Waals surface area contributed by atoms with E-state index >= 15 is 0 Å². The highest BCUT2D eigenvalue weighted by Crippen LogP contribution is 2.09. The Morgan fingerprint density at radius 1 is 0.875 bits per heavy atom.